The summed E-state index contributed by atoms with van der Waals surface area (Å²) in [5.41, 5.74) is 6.02. The molecule has 2 nitrogen and oxygen atoms in total. The Labute approximate surface area is 154 Å². The van der Waals surface area contributed by atoms with E-state index in [4.69, 9.17) is 10.5 Å². The second-order valence-corrected chi connectivity index (χ2v) is 5.97. The van der Waals surface area contributed by atoms with Crippen LogP contribution in [0.15, 0.2) is 66.7 Å². The summed E-state index contributed by atoms with van der Waals surface area (Å²) >= 11 is 0. The molecule has 0 atom stereocenters. The summed E-state index contributed by atoms with van der Waals surface area (Å²) in [4.78, 5) is 0. The first-order chi connectivity index (χ1) is 12.9. The zero-order chi connectivity index (χ0) is 19.4. The lowest BCUT2D eigenvalue weighted by atomic mass is 9.99. The second-order valence-electron chi connectivity index (χ2n) is 5.97. The van der Waals surface area contributed by atoms with Crippen LogP contribution in [0.25, 0.3) is 11.1 Å². The first-order valence-corrected chi connectivity index (χ1v) is 8.26. The van der Waals surface area contributed by atoms with E-state index in [-0.39, 0.29) is 30.0 Å². The van der Waals surface area contributed by atoms with Gasteiger partial charge in [-0.15, -0.1) is 0 Å². The summed E-state index contributed by atoms with van der Waals surface area (Å²) in [5, 5.41) is 0. The predicted molar refractivity (Wildman–Crippen MR) is 95.5 cm³/mol. The molecule has 0 saturated carbocycles. The van der Waals surface area contributed by atoms with E-state index in [1.807, 2.05) is 30.3 Å². The minimum absolute atomic E-state index is 0.170. The van der Waals surface area contributed by atoms with Crippen molar-refractivity contribution in [3.63, 3.8) is 0 Å². The van der Waals surface area contributed by atoms with Crippen LogP contribution in [0, 0.1) is 5.82 Å². The van der Waals surface area contributed by atoms with E-state index in [0.29, 0.717) is 0 Å². The van der Waals surface area contributed by atoms with Gasteiger partial charge in [0, 0.05) is 17.7 Å². The van der Waals surface area contributed by atoms with Crippen LogP contribution in [-0.2, 0) is 19.3 Å². The van der Waals surface area contributed by atoms with Crippen molar-refractivity contribution < 1.29 is 22.3 Å². The minimum atomic E-state index is -4.78. The SMILES string of the molecule is NCc1ccc(-c2cccc(C(F)(F)F)c2F)c(OCc2ccccc2)c1. The maximum atomic E-state index is 14.6. The Balaban J connectivity index is 2.03. The van der Waals surface area contributed by atoms with Crippen LogP contribution in [0.1, 0.15) is 16.7 Å². The van der Waals surface area contributed by atoms with Gasteiger partial charge < -0.3 is 10.5 Å². The number of benzene rings is 3. The molecule has 0 amide bonds. The van der Waals surface area contributed by atoms with E-state index < -0.39 is 17.6 Å². The molecule has 0 aliphatic heterocycles. The van der Waals surface area contributed by atoms with Gasteiger partial charge in [0.25, 0.3) is 0 Å². The van der Waals surface area contributed by atoms with E-state index in [0.717, 1.165) is 17.2 Å². The third kappa shape index (κ3) is 4.28. The van der Waals surface area contributed by atoms with Crippen molar-refractivity contribution in [2.75, 3.05) is 0 Å². The summed E-state index contributed by atoms with van der Waals surface area (Å²) < 4.78 is 59.5. The largest absolute Gasteiger partial charge is 0.488 e. The third-order valence-electron chi connectivity index (χ3n) is 4.11. The lowest BCUT2D eigenvalue weighted by Crippen LogP contribution is -2.09. The lowest BCUT2D eigenvalue weighted by Gasteiger charge is -2.16. The van der Waals surface area contributed by atoms with Crippen LogP contribution in [0.5, 0.6) is 5.75 Å². The van der Waals surface area contributed by atoms with Crippen molar-refractivity contribution in [1.82, 2.24) is 0 Å². The van der Waals surface area contributed by atoms with E-state index in [9.17, 15) is 17.6 Å². The highest BCUT2D eigenvalue weighted by Crippen LogP contribution is 2.39. The molecular weight excluding hydrogens is 358 g/mol. The van der Waals surface area contributed by atoms with Gasteiger partial charge in [0.15, 0.2) is 0 Å². The van der Waals surface area contributed by atoms with Gasteiger partial charge in [-0.1, -0.05) is 54.6 Å². The van der Waals surface area contributed by atoms with Crippen molar-refractivity contribution in [1.29, 1.82) is 0 Å². The van der Waals surface area contributed by atoms with Crippen LogP contribution >= 0.6 is 0 Å². The molecule has 27 heavy (non-hydrogen) atoms. The Morgan fingerprint density at radius 3 is 2.22 bits per heavy atom. The highest BCUT2D eigenvalue weighted by atomic mass is 19.4. The molecule has 3 aromatic carbocycles. The number of hydrogen-bond donors (Lipinski definition) is 1. The molecule has 0 unspecified atom stereocenters. The van der Waals surface area contributed by atoms with Crippen molar-refractivity contribution in [3.8, 4) is 16.9 Å². The molecule has 0 aliphatic carbocycles. The van der Waals surface area contributed by atoms with Crippen LogP contribution < -0.4 is 10.5 Å². The van der Waals surface area contributed by atoms with Crippen LogP contribution in [0.2, 0.25) is 0 Å². The van der Waals surface area contributed by atoms with Crippen molar-refractivity contribution in [2.45, 2.75) is 19.3 Å². The fourth-order valence-electron chi connectivity index (χ4n) is 2.73. The quantitative estimate of drug-likeness (QED) is 0.594. The molecule has 0 fully saturated rings. The molecular formula is C21H17F4NO. The molecule has 0 aromatic heterocycles. The topological polar surface area (TPSA) is 35.2 Å². The molecule has 3 rings (SSSR count). The monoisotopic (exact) mass is 375 g/mol. The maximum Gasteiger partial charge on any atom is 0.419 e. The number of halogens is 4. The summed E-state index contributed by atoms with van der Waals surface area (Å²) in [6.07, 6.45) is -4.78. The molecule has 0 aliphatic rings. The maximum absolute atomic E-state index is 14.6. The molecule has 0 heterocycles. The molecule has 0 bridgehead atoms. The highest BCUT2D eigenvalue weighted by Gasteiger charge is 2.35. The molecule has 0 spiro atoms. The Kier molecular flexibility index (Phi) is 5.46. The Bertz CT molecular complexity index is 923. The van der Waals surface area contributed by atoms with Gasteiger partial charge in [-0.25, -0.2) is 4.39 Å². The third-order valence-corrected chi connectivity index (χ3v) is 4.11. The fraction of sp³-hybridized carbons (Fsp3) is 0.143. The normalized spacial score (nSPS) is 11.4. The number of hydrogen-bond acceptors (Lipinski definition) is 2. The van der Waals surface area contributed by atoms with Crippen molar-refractivity contribution >= 4 is 0 Å². The highest BCUT2D eigenvalue weighted by molar-refractivity contribution is 5.72. The molecule has 3 aromatic rings. The van der Waals surface area contributed by atoms with E-state index in [1.165, 1.54) is 18.2 Å². The minimum Gasteiger partial charge on any atom is -0.488 e. The van der Waals surface area contributed by atoms with E-state index in [2.05, 4.69) is 0 Å². The molecule has 0 saturated heterocycles. The van der Waals surface area contributed by atoms with E-state index in [1.54, 1.807) is 12.1 Å². The van der Waals surface area contributed by atoms with Gasteiger partial charge in [-0.05, 0) is 23.3 Å². The van der Waals surface area contributed by atoms with Gasteiger partial charge in [-0.2, -0.15) is 13.2 Å². The first kappa shape index (κ1) is 18.9. The van der Waals surface area contributed by atoms with Crippen LogP contribution in [0.4, 0.5) is 17.6 Å². The molecule has 0 radical (unpaired) electrons. The number of rotatable bonds is 5. The van der Waals surface area contributed by atoms with Gasteiger partial charge in [0.1, 0.15) is 18.2 Å². The van der Waals surface area contributed by atoms with Crippen LogP contribution in [-0.4, -0.2) is 0 Å². The van der Waals surface area contributed by atoms with E-state index >= 15 is 0 Å². The second kappa shape index (κ2) is 7.80. The zero-order valence-corrected chi connectivity index (χ0v) is 14.3. The summed E-state index contributed by atoms with van der Waals surface area (Å²) in [6.45, 7) is 0.426. The molecule has 6 heteroatoms. The Morgan fingerprint density at radius 1 is 0.815 bits per heavy atom. The fourth-order valence-corrected chi connectivity index (χ4v) is 2.73. The van der Waals surface area contributed by atoms with Gasteiger partial charge in [0.05, 0.1) is 5.56 Å². The summed E-state index contributed by atoms with van der Waals surface area (Å²) in [5.74, 6) is -1.05. The Hall–Kier alpha value is -2.86. The Morgan fingerprint density at radius 2 is 1.56 bits per heavy atom. The number of alkyl halides is 3. The van der Waals surface area contributed by atoms with Gasteiger partial charge in [-0.3, -0.25) is 0 Å². The summed E-state index contributed by atoms with van der Waals surface area (Å²) in [7, 11) is 0. The zero-order valence-electron chi connectivity index (χ0n) is 14.3. The smallest absolute Gasteiger partial charge is 0.419 e. The molecule has 140 valence electrons. The average molecular weight is 375 g/mol. The first-order valence-electron chi connectivity index (χ1n) is 8.26. The van der Waals surface area contributed by atoms with Crippen molar-refractivity contribution in [2.24, 2.45) is 5.73 Å². The molecule has 2 N–H and O–H groups in total. The predicted octanol–water partition coefficient (Wildman–Crippen LogP) is 5.55. The van der Waals surface area contributed by atoms with Gasteiger partial charge in [0.2, 0.25) is 0 Å². The summed E-state index contributed by atoms with van der Waals surface area (Å²) in [6, 6.07) is 17.3. The number of nitrogens with two attached hydrogens (primary N) is 1. The standard InChI is InChI=1S/C21H17F4NO/c22-20-17(7-4-8-18(20)21(23,24)25)16-10-9-15(12-26)11-19(16)27-13-14-5-2-1-3-6-14/h1-11H,12-13,26H2. The van der Waals surface area contributed by atoms with Gasteiger partial charge >= 0.3 is 6.18 Å². The number of ether oxygens (including phenoxy) is 1. The van der Waals surface area contributed by atoms with Crippen LogP contribution in [0.3, 0.4) is 0 Å². The lowest BCUT2D eigenvalue weighted by molar-refractivity contribution is -0.139. The average Bonchev–Trinajstić information content (AvgIpc) is 2.66. The van der Waals surface area contributed by atoms with Crippen molar-refractivity contribution in [3.05, 3.63) is 89.2 Å².